The molecule has 0 radical (unpaired) electrons. The van der Waals surface area contributed by atoms with Crippen LogP contribution in [0.3, 0.4) is 0 Å². The molecule has 4 nitrogen and oxygen atoms in total. The number of hydrogen-bond donors (Lipinski definition) is 0. The maximum absolute atomic E-state index is 12.9. The second-order valence-electron chi connectivity index (χ2n) is 5.48. The molecule has 1 heterocycles. The Morgan fingerprint density at radius 2 is 1.38 bits per heavy atom. The Morgan fingerprint density at radius 1 is 0.808 bits per heavy atom. The van der Waals surface area contributed by atoms with Crippen LogP contribution in [0.2, 0.25) is 0 Å². The summed E-state index contributed by atoms with van der Waals surface area (Å²) in [5.41, 5.74) is 1.69. The minimum absolute atomic E-state index is 0.0601. The number of sulfone groups is 1. The smallest absolute Gasteiger partial charge is 0.223 e. The third-order valence-electron chi connectivity index (χ3n) is 3.67. The molecule has 0 spiro atoms. The van der Waals surface area contributed by atoms with Crippen LogP contribution in [0, 0.1) is 5.82 Å². The van der Waals surface area contributed by atoms with E-state index in [0.29, 0.717) is 6.29 Å². The lowest BCUT2D eigenvalue weighted by atomic mass is 10.1. The number of halogens is 1. The van der Waals surface area contributed by atoms with E-state index in [-0.39, 0.29) is 21.4 Å². The summed E-state index contributed by atoms with van der Waals surface area (Å²) in [5, 5.41) is -0.170. The number of benzene rings is 2. The molecule has 0 amide bonds. The van der Waals surface area contributed by atoms with Crippen molar-refractivity contribution in [3.05, 3.63) is 89.4 Å². The summed E-state index contributed by atoms with van der Waals surface area (Å²) >= 11 is 0. The number of pyridine rings is 1. The van der Waals surface area contributed by atoms with Crippen LogP contribution in [-0.4, -0.2) is 19.7 Å². The van der Waals surface area contributed by atoms with Crippen LogP contribution in [0.4, 0.5) is 4.39 Å². The normalized spacial score (nSPS) is 11.6. The molecule has 26 heavy (non-hydrogen) atoms. The quantitative estimate of drug-likeness (QED) is 0.504. The molecule has 0 fully saturated rings. The van der Waals surface area contributed by atoms with Gasteiger partial charge >= 0.3 is 0 Å². The zero-order valence-electron chi connectivity index (χ0n) is 13.5. The Labute approximate surface area is 150 Å². The largest absolute Gasteiger partial charge is 0.296 e. The highest BCUT2D eigenvalue weighted by Crippen LogP contribution is 2.20. The summed E-state index contributed by atoms with van der Waals surface area (Å²) in [7, 11) is -3.80. The SMILES string of the molecule is O=Cc1cccc(S(=O)(=O)c2ccc(C=Cc3ccc(F)cc3)cc2)n1. The fourth-order valence-electron chi connectivity index (χ4n) is 2.29. The lowest BCUT2D eigenvalue weighted by Crippen LogP contribution is -2.05. The number of nitrogens with zero attached hydrogens (tertiary/aromatic N) is 1. The van der Waals surface area contributed by atoms with Gasteiger partial charge in [-0.3, -0.25) is 4.79 Å². The minimum atomic E-state index is -3.80. The standard InChI is InChI=1S/C20H14FNO3S/c21-17-10-6-15(7-11-17)4-5-16-8-12-19(13-9-16)26(24,25)20-3-1-2-18(14-23)22-20/h1-14H. The van der Waals surface area contributed by atoms with Crippen molar-refractivity contribution in [2.24, 2.45) is 0 Å². The molecule has 0 bridgehead atoms. The lowest BCUT2D eigenvalue weighted by molar-refractivity contribution is 0.111. The highest BCUT2D eigenvalue weighted by Gasteiger charge is 2.19. The average molecular weight is 367 g/mol. The topological polar surface area (TPSA) is 64.1 Å². The van der Waals surface area contributed by atoms with E-state index in [1.54, 1.807) is 36.4 Å². The first kappa shape index (κ1) is 17.7. The summed E-state index contributed by atoms with van der Waals surface area (Å²) in [6.45, 7) is 0. The van der Waals surface area contributed by atoms with Gasteiger partial charge in [-0.1, -0.05) is 42.5 Å². The van der Waals surface area contributed by atoms with E-state index in [9.17, 15) is 17.6 Å². The summed E-state index contributed by atoms with van der Waals surface area (Å²) in [4.78, 5) is 14.7. The minimum Gasteiger partial charge on any atom is -0.296 e. The molecule has 0 unspecified atom stereocenters. The third kappa shape index (κ3) is 3.92. The molecule has 0 aliphatic rings. The predicted molar refractivity (Wildman–Crippen MR) is 96.8 cm³/mol. The first-order chi connectivity index (χ1) is 12.5. The van der Waals surface area contributed by atoms with Crippen molar-refractivity contribution >= 4 is 28.3 Å². The summed E-state index contributed by atoms with van der Waals surface area (Å²) in [6, 6.07) is 16.6. The molecule has 3 aromatic rings. The van der Waals surface area contributed by atoms with Crippen LogP contribution in [0.1, 0.15) is 21.6 Å². The number of rotatable bonds is 5. The number of hydrogen-bond acceptors (Lipinski definition) is 4. The van der Waals surface area contributed by atoms with E-state index in [2.05, 4.69) is 4.98 Å². The van der Waals surface area contributed by atoms with Crippen molar-refractivity contribution in [1.29, 1.82) is 0 Å². The second-order valence-corrected chi connectivity index (χ2v) is 7.37. The first-order valence-electron chi connectivity index (χ1n) is 7.70. The monoisotopic (exact) mass is 367 g/mol. The number of aromatic nitrogens is 1. The van der Waals surface area contributed by atoms with Crippen LogP contribution in [0.5, 0.6) is 0 Å². The molecule has 0 atom stereocenters. The zero-order valence-corrected chi connectivity index (χ0v) is 14.4. The third-order valence-corrected chi connectivity index (χ3v) is 5.34. The zero-order chi connectivity index (χ0) is 18.6. The van der Waals surface area contributed by atoms with Gasteiger partial charge in [-0.15, -0.1) is 0 Å². The van der Waals surface area contributed by atoms with Crippen molar-refractivity contribution in [3.63, 3.8) is 0 Å². The van der Waals surface area contributed by atoms with Crippen molar-refractivity contribution in [1.82, 2.24) is 4.98 Å². The summed E-state index contributed by atoms with van der Waals surface area (Å²) in [5.74, 6) is -0.302. The predicted octanol–water partition coefficient (Wildman–Crippen LogP) is 4.04. The molecule has 1 aromatic heterocycles. The van der Waals surface area contributed by atoms with Crippen molar-refractivity contribution in [2.45, 2.75) is 9.92 Å². The molecule has 130 valence electrons. The summed E-state index contributed by atoms with van der Waals surface area (Å²) in [6.07, 6.45) is 4.11. The number of carbonyl (C=O) groups excluding carboxylic acids is 1. The van der Waals surface area contributed by atoms with Gasteiger partial charge < -0.3 is 0 Å². The Kier molecular flexibility index (Phi) is 5.04. The molecule has 0 N–H and O–H groups in total. The van der Waals surface area contributed by atoms with E-state index in [0.717, 1.165) is 11.1 Å². The van der Waals surface area contributed by atoms with Crippen molar-refractivity contribution < 1.29 is 17.6 Å². The summed E-state index contributed by atoms with van der Waals surface area (Å²) < 4.78 is 38.1. The molecule has 0 aliphatic carbocycles. The molecular weight excluding hydrogens is 353 g/mol. The number of aldehydes is 1. The van der Waals surface area contributed by atoms with Gasteiger partial charge in [-0.2, -0.15) is 0 Å². The Bertz CT molecular complexity index is 1060. The van der Waals surface area contributed by atoms with E-state index in [1.807, 2.05) is 0 Å². The van der Waals surface area contributed by atoms with E-state index in [1.165, 1.54) is 42.5 Å². The van der Waals surface area contributed by atoms with Gasteiger partial charge in [0, 0.05) is 0 Å². The van der Waals surface area contributed by atoms with Gasteiger partial charge in [-0.05, 0) is 47.5 Å². The van der Waals surface area contributed by atoms with Gasteiger partial charge in [0.2, 0.25) is 9.84 Å². The molecule has 0 saturated carbocycles. The van der Waals surface area contributed by atoms with Crippen molar-refractivity contribution in [2.75, 3.05) is 0 Å². The Balaban J connectivity index is 1.84. The first-order valence-corrected chi connectivity index (χ1v) is 9.18. The Hall–Kier alpha value is -3.12. The van der Waals surface area contributed by atoms with Crippen LogP contribution in [-0.2, 0) is 9.84 Å². The lowest BCUT2D eigenvalue weighted by Gasteiger charge is -2.05. The number of carbonyl (C=O) groups is 1. The van der Waals surface area contributed by atoms with E-state index >= 15 is 0 Å². The van der Waals surface area contributed by atoms with Crippen LogP contribution < -0.4 is 0 Å². The molecule has 2 aromatic carbocycles. The second kappa shape index (κ2) is 7.41. The maximum Gasteiger partial charge on any atom is 0.223 e. The van der Waals surface area contributed by atoms with Gasteiger partial charge in [-0.25, -0.2) is 17.8 Å². The van der Waals surface area contributed by atoms with E-state index in [4.69, 9.17) is 0 Å². The highest BCUT2D eigenvalue weighted by atomic mass is 32.2. The highest BCUT2D eigenvalue weighted by molar-refractivity contribution is 7.91. The van der Waals surface area contributed by atoms with Gasteiger partial charge in [0.15, 0.2) is 11.3 Å². The Morgan fingerprint density at radius 3 is 1.96 bits per heavy atom. The van der Waals surface area contributed by atoms with Crippen LogP contribution in [0.15, 0.2) is 76.7 Å². The molecule has 0 aliphatic heterocycles. The maximum atomic E-state index is 12.9. The molecule has 0 saturated heterocycles. The fourth-order valence-corrected chi connectivity index (χ4v) is 3.51. The van der Waals surface area contributed by atoms with E-state index < -0.39 is 9.84 Å². The van der Waals surface area contributed by atoms with Crippen LogP contribution in [0.25, 0.3) is 12.2 Å². The van der Waals surface area contributed by atoms with Crippen molar-refractivity contribution in [3.8, 4) is 0 Å². The van der Waals surface area contributed by atoms with Gasteiger partial charge in [0.25, 0.3) is 0 Å². The molecule has 6 heteroatoms. The van der Waals surface area contributed by atoms with Gasteiger partial charge in [0.05, 0.1) is 4.90 Å². The molecular formula is C20H14FNO3S. The van der Waals surface area contributed by atoms with Gasteiger partial charge in [0.1, 0.15) is 11.5 Å². The fraction of sp³-hybridized carbons (Fsp3) is 0. The van der Waals surface area contributed by atoms with Crippen LogP contribution >= 0.6 is 0 Å². The molecule has 3 rings (SSSR count). The average Bonchev–Trinajstić information content (AvgIpc) is 2.68.